The van der Waals surface area contributed by atoms with Crippen molar-refractivity contribution in [2.24, 2.45) is 13.0 Å². The highest BCUT2D eigenvalue weighted by atomic mass is 16.5. The molecule has 2 fully saturated rings. The summed E-state index contributed by atoms with van der Waals surface area (Å²) < 4.78 is 10.3. The van der Waals surface area contributed by atoms with Crippen LogP contribution in [0.3, 0.4) is 0 Å². The molecule has 3 N–H and O–H groups in total. The SMILES string of the molecule is Cn1cc(-c2cnc(N)c3c(C4=CCC(OC5=CCC=CC=C5)C=C4)nn(C4(C)CC5CNC4C5)c23)cn1. The Morgan fingerprint density at radius 3 is 2.84 bits per heavy atom. The number of nitrogens with one attached hydrogen (secondary N) is 1. The highest BCUT2D eigenvalue weighted by Gasteiger charge is 2.51. The first kappa shape index (κ1) is 23.2. The molecule has 4 atom stereocenters. The predicted molar refractivity (Wildman–Crippen MR) is 150 cm³/mol. The van der Waals surface area contributed by atoms with Gasteiger partial charge in [-0.3, -0.25) is 9.36 Å². The van der Waals surface area contributed by atoms with Crippen LogP contribution in [0, 0.1) is 5.92 Å². The monoisotopic (exact) mass is 507 g/mol. The molecule has 1 saturated heterocycles. The number of fused-ring (bicyclic) bond motifs is 3. The molecule has 3 aromatic heterocycles. The molecule has 3 aliphatic carbocycles. The van der Waals surface area contributed by atoms with Crippen LogP contribution in [0.2, 0.25) is 0 Å². The summed E-state index contributed by atoms with van der Waals surface area (Å²) >= 11 is 0. The Morgan fingerprint density at radius 1 is 1.18 bits per heavy atom. The molecule has 194 valence electrons. The van der Waals surface area contributed by atoms with Gasteiger partial charge in [-0.05, 0) is 62.5 Å². The van der Waals surface area contributed by atoms with E-state index in [4.69, 9.17) is 15.6 Å². The van der Waals surface area contributed by atoms with Crippen molar-refractivity contribution >= 4 is 22.3 Å². The zero-order chi connectivity index (χ0) is 25.9. The van der Waals surface area contributed by atoms with Gasteiger partial charge in [0, 0.05) is 43.0 Å². The minimum atomic E-state index is -0.152. The lowest BCUT2D eigenvalue weighted by Crippen LogP contribution is -2.48. The summed E-state index contributed by atoms with van der Waals surface area (Å²) in [7, 11) is 1.93. The van der Waals surface area contributed by atoms with Crippen LogP contribution < -0.4 is 11.1 Å². The fraction of sp³-hybridized carbons (Fsp3) is 0.367. The standard InChI is InChI=1S/C30H33N7O/c1-30(14-19-13-25(30)32-15-19)37-28-24(21-16-34-36(2)18-21)17-33-29(31)26(28)27(35-37)20-9-11-23(12-10-20)38-22-7-5-3-4-6-8-22/h3-5,7-11,16-19,23,25,32H,6,12-15H2,1-2H3,(H2,31,33). The molecule has 4 aliphatic rings. The van der Waals surface area contributed by atoms with Crippen LogP contribution in [0.15, 0.2) is 73.0 Å². The van der Waals surface area contributed by atoms with Gasteiger partial charge in [-0.15, -0.1) is 0 Å². The summed E-state index contributed by atoms with van der Waals surface area (Å²) in [6.07, 6.45) is 26.5. The van der Waals surface area contributed by atoms with Gasteiger partial charge in [0.05, 0.1) is 22.6 Å². The number of piperidine rings is 1. The quantitative estimate of drug-likeness (QED) is 0.522. The van der Waals surface area contributed by atoms with Gasteiger partial charge >= 0.3 is 0 Å². The average molecular weight is 508 g/mol. The van der Waals surface area contributed by atoms with Crippen molar-refractivity contribution in [3.63, 3.8) is 0 Å². The van der Waals surface area contributed by atoms with Gasteiger partial charge in [-0.25, -0.2) is 4.98 Å². The summed E-state index contributed by atoms with van der Waals surface area (Å²) in [5, 5.41) is 14.4. The van der Waals surface area contributed by atoms with Crippen LogP contribution in [0.4, 0.5) is 5.82 Å². The third kappa shape index (κ3) is 3.74. The maximum Gasteiger partial charge on any atom is 0.135 e. The second-order valence-corrected chi connectivity index (χ2v) is 11.1. The largest absolute Gasteiger partial charge is 0.486 e. The average Bonchev–Trinajstić information content (AvgIpc) is 3.67. The third-order valence-electron chi connectivity index (χ3n) is 8.49. The highest BCUT2D eigenvalue weighted by molar-refractivity contribution is 6.05. The number of nitrogen functional groups attached to an aromatic ring is 1. The number of aryl methyl sites for hydroxylation is 1. The van der Waals surface area contributed by atoms with Gasteiger partial charge in [0.15, 0.2) is 0 Å². The molecular weight excluding hydrogens is 474 g/mol. The van der Waals surface area contributed by atoms with Crippen molar-refractivity contribution in [3.8, 4) is 11.1 Å². The summed E-state index contributed by atoms with van der Waals surface area (Å²) in [4.78, 5) is 4.63. The van der Waals surface area contributed by atoms with E-state index in [1.54, 1.807) is 0 Å². The first-order valence-corrected chi connectivity index (χ1v) is 13.5. The normalized spacial score (nSPS) is 28.1. The first-order valence-electron chi connectivity index (χ1n) is 13.5. The summed E-state index contributed by atoms with van der Waals surface area (Å²) in [5.74, 6) is 2.08. The third-order valence-corrected chi connectivity index (χ3v) is 8.49. The van der Waals surface area contributed by atoms with Crippen LogP contribution >= 0.6 is 0 Å². The number of rotatable bonds is 5. The molecule has 8 nitrogen and oxygen atoms in total. The molecule has 0 aromatic carbocycles. The Kier molecular flexibility index (Phi) is 5.40. The molecule has 1 aliphatic heterocycles. The van der Waals surface area contributed by atoms with Gasteiger partial charge in [-0.2, -0.15) is 10.2 Å². The van der Waals surface area contributed by atoms with Crippen molar-refractivity contribution in [2.45, 2.75) is 50.3 Å². The number of pyridine rings is 1. The Hall–Kier alpha value is -3.91. The van der Waals surface area contributed by atoms with E-state index in [2.05, 4.69) is 57.4 Å². The van der Waals surface area contributed by atoms with E-state index < -0.39 is 0 Å². The molecule has 4 heterocycles. The Balaban J connectivity index is 1.32. The summed E-state index contributed by atoms with van der Waals surface area (Å²) in [5.41, 5.74) is 11.5. The van der Waals surface area contributed by atoms with Crippen molar-refractivity contribution in [3.05, 3.63) is 78.7 Å². The molecule has 4 unspecified atom stereocenters. The van der Waals surface area contributed by atoms with Crippen LogP contribution in [0.25, 0.3) is 27.6 Å². The zero-order valence-electron chi connectivity index (χ0n) is 21.8. The number of anilines is 1. The Labute approximate surface area is 222 Å². The van der Waals surface area contributed by atoms with Gasteiger partial charge in [0.25, 0.3) is 0 Å². The number of allylic oxidation sites excluding steroid dienone is 7. The molecular formula is C30H33N7O. The smallest absolute Gasteiger partial charge is 0.135 e. The molecule has 7 rings (SSSR count). The van der Waals surface area contributed by atoms with Gasteiger partial charge in [-0.1, -0.05) is 30.4 Å². The van der Waals surface area contributed by atoms with E-state index in [1.807, 2.05) is 48.5 Å². The van der Waals surface area contributed by atoms with E-state index in [-0.39, 0.29) is 11.6 Å². The highest BCUT2D eigenvalue weighted by Crippen LogP contribution is 2.47. The summed E-state index contributed by atoms with van der Waals surface area (Å²) in [6, 6.07) is 0.378. The van der Waals surface area contributed by atoms with E-state index in [0.29, 0.717) is 17.8 Å². The predicted octanol–water partition coefficient (Wildman–Crippen LogP) is 4.64. The van der Waals surface area contributed by atoms with Gasteiger partial charge in [0.1, 0.15) is 23.4 Å². The van der Waals surface area contributed by atoms with E-state index in [0.717, 1.165) is 64.9 Å². The van der Waals surface area contributed by atoms with Crippen molar-refractivity contribution in [2.75, 3.05) is 12.3 Å². The molecule has 0 amide bonds. The minimum absolute atomic E-state index is 0.0187. The molecule has 38 heavy (non-hydrogen) atoms. The number of hydrogen-bond acceptors (Lipinski definition) is 6. The Bertz CT molecular complexity index is 1570. The lowest BCUT2D eigenvalue weighted by Gasteiger charge is -2.36. The van der Waals surface area contributed by atoms with E-state index >= 15 is 0 Å². The molecule has 1 saturated carbocycles. The fourth-order valence-corrected chi connectivity index (χ4v) is 6.60. The van der Waals surface area contributed by atoms with Crippen LogP contribution in [-0.4, -0.2) is 43.2 Å². The number of hydrogen-bond donors (Lipinski definition) is 2. The van der Waals surface area contributed by atoms with Crippen LogP contribution in [-0.2, 0) is 17.3 Å². The fourth-order valence-electron chi connectivity index (χ4n) is 6.60. The topological polar surface area (TPSA) is 95.8 Å². The maximum atomic E-state index is 6.61. The molecule has 0 radical (unpaired) electrons. The minimum Gasteiger partial charge on any atom is -0.486 e. The second kappa shape index (κ2) is 8.84. The number of ether oxygens (including phenoxy) is 1. The van der Waals surface area contributed by atoms with Crippen molar-refractivity contribution in [1.82, 2.24) is 29.9 Å². The Morgan fingerprint density at radius 2 is 2.11 bits per heavy atom. The molecule has 3 aromatic rings. The number of aromatic nitrogens is 5. The van der Waals surface area contributed by atoms with Crippen LogP contribution in [0.5, 0.6) is 0 Å². The van der Waals surface area contributed by atoms with Crippen molar-refractivity contribution < 1.29 is 4.74 Å². The second-order valence-electron chi connectivity index (χ2n) is 11.1. The summed E-state index contributed by atoms with van der Waals surface area (Å²) in [6.45, 7) is 3.42. The number of nitrogens with zero attached hydrogens (tertiary/aromatic N) is 5. The maximum absolute atomic E-state index is 6.61. The lowest BCUT2D eigenvalue weighted by molar-refractivity contribution is 0.166. The van der Waals surface area contributed by atoms with Gasteiger partial charge in [0.2, 0.25) is 0 Å². The lowest BCUT2D eigenvalue weighted by atomic mass is 9.91. The van der Waals surface area contributed by atoms with Crippen molar-refractivity contribution in [1.29, 1.82) is 0 Å². The molecule has 0 spiro atoms. The molecule has 8 heteroatoms. The van der Waals surface area contributed by atoms with E-state index in [9.17, 15) is 0 Å². The molecule has 2 bridgehead atoms. The van der Waals surface area contributed by atoms with Crippen LogP contribution in [0.1, 0.15) is 38.3 Å². The zero-order valence-corrected chi connectivity index (χ0v) is 21.8. The number of nitrogens with two attached hydrogens (primary N) is 1. The van der Waals surface area contributed by atoms with E-state index in [1.165, 1.54) is 6.42 Å². The van der Waals surface area contributed by atoms with Gasteiger partial charge < -0.3 is 15.8 Å². The first-order chi connectivity index (χ1) is 18.5.